The van der Waals surface area contributed by atoms with Crippen LogP contribution in [0.1, 0.15) is 75.9 Å². The van der Waals surface area contributed by atoms with Crippen molar-refractivity contribution < 1.29 is 9.50 Å². The predicted molar refractivity (Wildman–Crippen MR) is 161 cm³/mol. The van der Waals surface area contributed by atoms with Gasteiger partial charge >= 0.3 is 5.69 Å². The molecule has 0 bridgehead atoms. The number of benzene rings is 2. The van der Waals surface area contributed by atoms with Gasteiger partial charge in [-0.05, 0) is 62.3 Å². The number of unbranched alkanes of at least 4 members (excludes halogenated alkanes) is 1. The highest BCUT2D eigenvalue weighted by Gasteiger charge is 2.26. The summed E-state index contributed by atoms with van der Waals surface area (Å²) in [6, 6.07) is 17.4. The lowest BCUT2D eigenvalue weighted by Gasteiger charge is -2.21. The molecule has 2 aromatic heterocycles. The second-order valence-electron chi connectivity index (χ2n) is 10.5. The van der Waals surface area contributed by atoms with Gasteiger partial charge in [0.2, 0.25) is 0 Å². The summed E-state index contributed by atoms with van der Waals surface area (Å²) >= 11 is 0. The van der Waals surface area contributed by atoms with Crippen LogP contribution in [0.2, 0.25) is 0 Å². The number of nitrogens with zero attached hydrogens (tertiary/aromatic N) is 4. The first-order valence-electron chi connectivity index (χ1n) is 14.4. The largest absolute Gasteiger partial charge is 0.399 e. The summed E-state index contributed by atoms with van der Waals surface area (Å²) in [6.07, 6.45) is 0.372. The smallest absolute Gasteiger partial charge is 0.335 e. The molecule has 0 amide bonds. The van der Waals surface area contributed by atoms with Crippen LogP contribution in [0.3, 0.4) is 0 Å². The van der Waals surface area contributed by atoms with E-state index in [0.29, 0.717) is 37.3 Å². The number of aliphatic hydroxyl groups is 1. The van der Waals surface area contributed by atoms with E-state index in [9.17, 15) is 14.7 Å². The fourth-order valence-corrected chi connectivity index (χ4v) is 5.12. The number of fused-ring (bicyclic) bond motifs is 1. The predicted octanol–water partition coefficient (Wildman–Crippen LogP) is 4.31. The topological polar surface area (TPSA) is 120 Å². The third kappa shape index (κ3) is 6.94. The molecule has 0 aliphatic rings. The maximum absolute atomic E-state index is 15.2. The molecule has 0 saturated heterocycles. The van der Waals surface area contributed by atoms with Gasteiger partial charge in [0.15, 0.2) is 17.5 Å². The maximum Gasteiger partial charge on any atom is 0.335 e. The van der Waals surface area contributed by atoms with Gasteiger partial charge in [0, 0.05) is 25.2 Å². The standard InChI is InChI=1S/C31H41FN6O3/c1-4-25(39)20-34-21(3)37-27(19-23-12-7-6-8-13-23)35-29-28(37)30(40)38(26(32)5-2)31(41)36(29)17-10-9-14-22-15-11-16-24(33)18-22/h6-8,11-13,15-16,18,21,25-26,34,39H,4-5,9-10,14,17,19-20,33H2,1-3H3. The number of nitrogens with one attached hydrogen (secondary N) is 1. The van der Waals surface area contributed by atoms with Gasteiger partial charge in [0.1, 0.15) is 5.82 Å². The molecule has 10 heteroatoms. The van der Waals surface area contributed by atoms with Gasteiger partial charge in [0.25, 0.3) is 5.56 Å². The average molecular weight is 565 g/mol. The fourth-order valence-electron chi connectivity index (χ4n) is 5.12. The number of imidazole rings is 1. The molecule has 220 valence electrons. The molecule has 41 heavy (non-hydrogen) atoms. The van der Waals surface area contributed by atoms with Gasteiger partial charge in [0.05, 0.1) is 12.3 Å². The van der Waals surface area contributed by atoms with Crippen molar-refractivity contribution in [2.75, 3.05) is 12.3 Å². The van der Waals surface area contributed by atoms with Crippen LogP contribution < -0.4 is 22.3 Å². The molecule has 0 radical (unpaired) electrons. The van der Waals surface area contributed by atoms with Gasteiger partial charge in [-0.25, -0.2) is 18.7 Å². The van der Waals surface area contributed by atoms with Crippen molar-refractivity contribution in [2.24, 2.45) is 0 Å². The fraction of sp³-hybridized carbons (Fsp3) is 0.452. The van der Waals surface area contributed by atoms with Gasteiger partial charge in [-0.15, -0.1) is 0 Å². The molecule has 4 N–H and O–H groups in total. The second-order valence-corrected chi connectivity index (χ2v) is 10.5. The van der Waals surface area contributed by atoms with Crippen LogP contribution in [0.25, 0.3) is 11.2 Å². The number of hydrogen-bond acceptors (Lipinski definition) is 6. The van der Waals surface area contributed by atoms with Crippen molar-refractivity contribution in [3.05, 3.63) is 92.4 Å². The molecule has 0 fully saturated rings. The summed E-state index contributed by atoms with van der Waals surface area (Å²) < 4.78 is 19.1. The number of hydrogen-bond donors (Lipinski definition) is 3. The van der Waals surface area contributed by atoms with E-state index in [1.165, 1.54) is 4.57 Å². The molecule has 2 heterocycles. The molecule has 4 aromatic rings. The van der Waals surface area contributed by atoms with Crippen molar-refractivity contribution in [1.82, 2.24) is 24.0 Å². The number of nitrogens with two attached hydrogens (primary N) is 1. The monoisotopic (exact) mass is 564 g/mol. The average Bonchev–Trinajstić information content (AvgIpc) is 3.34. The summed E-state index contributed by atoms with van der Waals surface area (Å²) in [5, 5.41) is 13.5. The molecule has 9 nitrogen and oxygen atoms in total. The summed E-state index contributed by atoms with van der Waals surface area (Å²) in [6.45, 7) is 5.95. The number of alkyl halides is 1. The highest BCUT2D eigenvalue weighted by molar-refractivity contribution is 5.71. The Kier molecular flexibility index (Phi) is 10.1. The molecule has 4 rings (SSSR count). The van der Waals surface area contributed by atoms with Gasteiger partial charge in [-0.1, -0.05) is 56.3 Å². The zero-order valence-electron chi connectivity index (χ0n) is 24.1. The lowest BCUT2D eigenvalue weighted by atomic mass is 10.1. The Hall–Kier alpha value is -3.76. The van der Waals surface area contributed by atoms with Crippen LogP contribution in [0.5, 0.6) is 0 Å². The van der Waals surface area contributed by atoms with Gasteiger partial charge in [-0.2, -0.15) is 0 Å². The summed E-state index contributed by atoms with van der Waals surface area (Å²) in [5.41, 5.74) is 7.72. The number of aryl methyl sites for hydroxylation is 2. The Morgan fingerprint density at radius 3 is 2.41 bits per heavy atom. The van der Waals surface area contributed by atoms with E-state index in [2.05, 4.69) is 5.32 Å². The summed E-state index contributed by atoms with van der Waals surface area (Å²) in [5.74, 6) is 0.576. The van der Waals surface area contributed by atoms with E-state index in [0.717, 1.165) is 28.5 Å². The second kappa shape index (κ2) is 13.7. The quantitative estimate of drug-likeness (QED) is 0.155. The first-order valence-corrected chi connectivity index (χ1v) is 14.4. The number of aliphatic hydroxyl groups excluding tert-OH is 1. The van der Waals surface area contributed by atoms with E-state index in [4.69, 9.17) is 10.7 Å². The highest BCUT2D eigenvalue weighted by atomic mass is 19.1. The SMILES string of the molecule is CCC(O)CNC(C)n1c(Cc2ccccc2)nc2c1c(=O)n(C(F)CC)c(=O)n2CCCCc1cccc(N)c1. The number of halogens is 1. The minimum Gasteiger partial charge on any atom is -0.399 e. The molecular formula is C31H41FN6O3. The molecule has 3 unspecified atom stereocenters. The first kappa shape index (κ1) is 30.2. The van der Waals surface area contributed by atoms with Gasteiger partial charge < -0.3 is 15.4 Å². The first-order chi connectivity index (χ1) is 19.7. The minimum absolute atomic E-state index is 0.0163. The minimum atomic E-state index is -1.76. The van der Waals surface area contributed by atoms with Crippen LogP contribution in [0, 0.1) is 0 Å². The lowest BCUT2D eigenvalue weighted by molar-refractivity contribution is 0.159. The molecule has 0 spiro atoms. The number of nitrogen functional groups attached to an aromatic ring is 1. The van der Waals surface area contributed by atoms with Crippen molar-refractivity contribution in [3.8, 4) is 0 Å². The third-order valence-electron chi connectivity index (χ3n) is 7.46. The molecular weight excluding hydrogens is 523 g/mol. The van der Waals surface area contributed by atoms with Crippen molar-refractivity contribution >= 4 is 16.9 Å². The Morgan fingerprint density at radius 1 is 1.00 bits per heavy atom. The number of aromatic nitrogens is 4. The normalized spacial score (nSPS) is 13.9. The van der Waals surface area contributed by atoms with Gasteiger partial charge in [-0.3, -0.25) is 14.7 Å². The Labute approximate surface area is 239 Å². The van der Waals surface area contributed by atoms with Crippen LogP contribution >= 0.6 is 0 Å². The Morgan fingerprint density at radius 2 is 1.73 bits per heavy atom. The highest BCUT2D eigenvalue weighted by Crippen LogP contribution is 2.21. The van der Waals surface area contributed by atoms with E-state index < -0.39 is 29.8 Å². The molecule has 0 aliphatic carbocycles. The number of anilines is 1. The summed E-state index contributed by atoms with van der Waals surface area (Å²) in [7, 11) is 0. The maximum atomic E-state index is 15.2. The molecule has 0 aliphatic heterocycles. The van der Waals surface area contributed by atoms with Crippen LogP contribution in [-0.4, -0.2) is 36.4 Å². The van der Waals surface area contributed by atoms with E-state index in [1.807, 2.05) is 68.4 Å². The van der Waals surface area contributed by atoms with Crippen LogP contribution in [0.4, 0.5) is 10.1 Å². The van der Waals surface area contributed by atoms with Crippen molar-refractivity contribution in [3.63, 3.8) is 0 Å². The zero-order valence-corrected chi connectivity index (χ0v) is 24.1. The Bertz CT molecular complexity index is 1560. The Balaban J connectivity index is 1.80. The molecule has 0 saturated carbocycles. The van der Waals surface area contributed by atoms with E-state index in [-0.39, 0.29) is 24.1 Å². The van der Waals surface area contributed by atoms with Crippen LogP contribution in [0.15, 0.2) is 64.2 Å². The number of rotatable bonds is 14. The van der Waals surface area contributed by atoms with Crippen molar-refractivity contribution in [1.29, 1.82) is 0 Å². The van der Waals surface area contributed by atoms with E-state index >= 15 is 4.39 Å². The molecule has 2 aromatic carbocycles. The van der Waals surface area contributed by atoms with E-state index in [1.54, 1.807) is 11.5 Å². The zero-order chi connectivity index (χ0) is 29.5. The van der Waals surface area contributed by atoms with Crippen LogP contribution in [-0.2, 0) is 19.4 Å². The lowest BCUT2D eigenvalue weighted by Crippen LogP contribution is -2.42. The molecule has 3 atom stereocenters. The third-order valence-corrected chi connectivity index (χ3v) is 7.46. The summed E-state index contributed by atoms with van der Waals surface area (Å²) in [4.78, 5) is 32.2. The van der Waals surface area contributed by atoms with Crippen molar-refractivity contribution in [2.45, 2.75) is 84.4 Å².